The second-order valence-electron chi connectivity index (χ2n) is 6.89. The second-order valence-corrected chi connectivity index (χ2v) is 6.89. The van der Waals surface area contributed by atoms with E-state index in [1.165, 1.54) is 0 Å². The Morgan fingerprint density at radius 3 is 3.00 bits per heavy atom. The summed E-state index contributed by atoms with van der Waals surface area (Å²) in [4.78, 5) is 17.0. The van der Waals surface area contributed by atoms with Crippen LogP contribution >= 0.6 is 0 Å². The van der Waals surface area contributed by atoms with E-state index in [2.05, 4.69) is 15.4 Å². The van der Waals surface area contributed by atoms with Gasteiger partial charge in [0, 0.05) is 30.8 Å². The Bertz CT molecular complexity index is 938. The molecule has 2 saturated carbocycles. The molecular formula is C18H18N4O2. The highest BCUT2D eigenvalue weighted by atomic mass is 16.3. The van der Waals surface area contributed by atoms with E-state index in [0.717, 1.165) is 47.5 Å². The number of fused-ring (bicyclic) bond motifs is 1. The molecule has 3 aromatic rings. The highest BCUT2D eigenvalue weighted by molar-refractivity contribution is 5.96. The fraction of sp³-hybridized carbons (Fsp3) is 0.389. The van der Waals surface area contributed by atoms with E-state index in [1.807, 2.05) is 37.6 Å². The molecule has 0 radical (unpaired) electrons. The summed E-state index contributed by atoms with van der Waals surface area (Å²) in [6.45, 7) is 0. The largest absolute Gasteiger partial charge is 0.440 e. The van der Waals surface area contributed by atoms with Crippen molar-refractivity contribution in [3.05, 3.63) is 42.0 Å². The van der Waals surface area contributed by atoms with Crippen molar-refractivity contribution in [2.45, 2.75) is 31.1 Å². The van der Waals surface area contributed by atoms with Crippen molar-refractivity contribution in [3.8, 4) is 0 Å². The molecule has 6 heteroatoms. The number of aromatic nitrogens is 3. The minimum absolute atomic E-state index is 0.0317. The van der Waals surface area contributed by atoms with E-state index >= 15 is 0 Å². The third kappa shape index (κ3) is 2.38. The quantitative estimate of drug-likeness (QED) is 0.800. The van der Waals surface area contributed by atoms with Gasteiger partial charge in [0.1, 0.15) is 5.52 Å². The first-order chi connectivity index (χ1) is 11.7. The van der Waals surface area contributed by atoms with Crippen molar-refractivity contribution in [2.24, 2.45) is 13.0 Å². The number of amides is 1. The lowest BCUT2D eigenvalue weighted by molar-refractivity contribution is -0.117. The van der Waals surface area contributed by atoms with Gasteiger partial charge in [-0.2, -0.15) is 5.10 Å². The van der Waals surface area contributed by atoms with Crippen molar-refractivity contribution >= 4 is 22.7 Å². The van der Waals surface area contributed by atoms with Crippen LogP contribution in [0.2, 0.25) is 0 Å². The first-order valence-electron chi connectivity index (χ1n) is 8.37. The van der Waals surface area contributed by atoms with E-state index in [4.69, 9.17) is 4.42 Å². The fourth-order valence-electron chi connectivity index (χ4n) is 3.25. The minimum Gasteiger partial charge on any atom is -0.440 e. The van der Waals surface area contributed by atoms with Gasteiger partial charge in [-0.25, -0.2) is 4.98 Å². The predicted octanol–water partition coefficient (Wildman–Crippen LogP) is 3.18. The van der Waals surface area contributed by atoms with E-state index in [1.54, 1.807) is 4.68 Å². The van der Waals surface area contributed by atoms with Gasteiger partial charge in [-0.1, -0.05) is 0 Å². The Morgan fingerprint density at radius 1 is 1.38 bits per heavy atom. The molecule has 0 aliphatic heterocycles. The Labute approximate surface area is 138 Å². The normalized spacial score (nSPS) is 22.7. The van der Waals surface area contributed by atoms with Crippen LogP contribution in [0.15, 0.2) is 35.0 Å². The molecule has 2 heterocycles. The molecule has 1 N–H and O–H groups in total. The number of nitrogens with one attached hydrogen (secondary N) is 1. The molecule has 0 saturated heterocycles. The molecule has 0 spiro atoms. The van der Waals surface area contributed by atoms with Crippen LogP contribution in [-0.4, -0.2) is 20.7 Å². The van der Waals surface area contributed by atoms with Gasteiger partial charge in [0.15, 0.2) is 11.5 Å². The summed E-state index contributed by atoms with van der Waals surface area (Å²) in [5.74, 6) is 1.70. The van der Waals surface area contributed by atoms with Crippen LogP contribution in [0.4, 0.5) is 5.69 Å². The minimum atomic E-state index is 0.0317. The number of rotatable bonds is 4. The lowest BCUT2D eigenvalue weighted by atomic mass is 10.2. The van der Waals surface area contributed by atoms with Crippen molar-refractivity contribution in [2.75, 3.05) is 5.32 Å². The number of benzene rings is 1. The van der Waals surface area contributed by atoms with Gasteiger partial charge in [-0.15, -0.1) is 0 Å². The van der Waals surface area contributed by atoms with Gasteiger partial charge in [0.05, 0.1) is 6.20 Å². The van der Waals surface area contributed by atoms with E-state index in [-0.39, 0.29) is 17.7 Å². The third-order valence-corrected chi connectivity index (χ3v) is 4.88. The molecule has 2 aliphatic rings. The summed E-state index contributed by atoms with van der Waals surface area (Å²) in [6.07, 6.45) is 7.04. The number of aryl methyl sites for hydroxylation is 1. The average molecular weight is 322 g/mol. The molecule has 5 rings (SSSR count). The fourth-order valence-corrected chi connectivity index (χ4v) is 3.25. The van der Waals surface area contributed by atoms with E-state index in [9.17, 15) is 4.79 Å². The van der Waals surface area contributed by atoms with E-state index in [0.29, 0.717) is 5.92 Å². The molecule has 6 nitrogen and oxygen atoms in total. The number of hydrogen-bond acceptors (Lipinski definition) is 4. The van der Waals surface area contributed by atoms with Crippen LogP contribution in [-0.2, 0) is 11.8 Å². The molecule has 24 heavy (non-hydrogen) atoms. The maximum absolute atomic E-state index is 12.4. The van der Waals surface area contributed by atoms with Crippen LogP contribution in [0, 0.1) is 5.92 Å². The summed E-state index contributed by atoms with van der Waals surface area (Å²) in [6, 6.07) is 5.66. The van der Waals surface area contributed by atoms with Gasteiger partial charge in [-0.05, 0) is 48.9 Å². The number of nitrogens with zero attached hydrogens (tertiary/aromatic N) is 3. The third-order valence-electron chi connectivity index (χ3n) is 4.88. The molecule has 122 valence electrons. The van der Waals surface area contributed by atoms with Crippen LogP contribution in [0.3, 0.4) is 0 Å². The summed E-state index contributed by atoms with van der Waals surface area (Å²) < 4.78 is 7.53. The van der Waals surface area contributed by atoms with Gasteiger partial charge in [0.25, 0.3) is 0 Å². The molecule has 1 aromatic carbocycles. The van der Waals surface area contributed by atoms with Crippen LogP contribution < -0.4 is 5.32 Å². The Kier molecular flexibility index (Phi) is 2.83. The number of anilines is 1. The zero-order chi connectivity index (χ0) is 16.3. The number of carbonyl (C=O) groups excluding carboxylic acids is 1. The second kappa shape index (κ2) is 4.93. The molecule has 0 bridgehead atoms. The maximum atomic E-state index is 12.4. The Morgan fingerprint density at radius 2 is 2.25 bits per heavy atom. The van der Waals surface area contributed by atoms with Gasteiger partial charge >= 0.3 is 0 Å². The maximum Gasteiger partial charge on any atom is 0.228 e. The van der Waals surface area contributed by atoms with Gasteiger partial charge < -0.3 is 9.73 Å². The number of carbonyl (C=O) groups is 1. The van der Waals surface area contributed by atoms with Crippen molar-refractivity contribution in [1.82, 2.24) is 14.8 Å². The van der Waals surface area contributed by atoms with Gasteiger partial charge in [-0.3, -0.25) is 9.48 Å². The molecule has 2 aliphatic carbocycles. The zero-order valence-corrected chi connectivity index (χ0v) is 13.4. The molecule has 2 atom stereocenters. The highest BCUT2D eigenvalue weighted by Crippen LogP contribution is 2.48. The monoisotopic (exact) mass is 322 g/mol. The summed E-state index contributed by atoms with van der Waals surface area (Å²) in [5, 5.41) is 7.19. The molecule has 2 aromatic heterocycles. The van der Waals surface area contributed by atoms with Crippen molar-refractivity contribution in [3.63, 3.8) is 0 Å². The summed E-state index contributed by atoms with van der Waals surface area (Å²) in [5.41, 5.74) is 3.52. The highest BCUT2D eigenvalue weighted by Gasteiger charge is 2.44. The topological polar surface area (TPSA) is 73.0 Å². The first-order valence-corrected chi connectivity index (χ1v) is 8.37. The average Bonchev–Trinajstić information content (AvgIpc) is 3.48. The lowest BCUT2D eigenvalue weighted by Crippen LogP contribution is -2.14. The lowest BCUT2D eigenvalue weighted by Gasteiger charge is -2.04. The van der Waals surface area contributed by atoms with Crippen molar-refractivity contribution in [1.29, 1.82) is 0 Å². The van der Waals surface area contributed by atoms with Crippen molar-refractivity contribution < 1.29 is 9.21 Å². The van der Waals surface area contributed by atoms with Crippen LogP contribution in [0.25, 0.3) is 11.1 Å². The SMILES string of the molecule is Cn1cc(C2CC2C(=O)Nc2ccc3oc(C4CC4)nc3c2)cn1. The summed E-state index contributed by atoms with van der Waals surface area (Å²) >= 11 is 0. The standard InChI is InChI=1S/C18H18N4O2/c1-22-9-11(8-19-22)13-7-14(13)17(23)20-12-4-5-16-15(6-12)21-18(24-16)10-2-3-10/h4-6,8-10,13-14H,2-3,7H2,1H3,(H,20,23). The molecule has 2 unspecified atom stereocenters. The van der Waals surface area contributed by atoms with Crippen LogP contribution in [0.5, 0.6) is 0 Å². The number of oxazole rings is 1. The zero-order valence-electron chi connectivity index (χ0n) is 13.4. The van der Waals surface area contributed by atoms with Gasteiger partial charge in [0.2, 0.25) is 5.91 Å². The Balaban J connectivity index is 1.30. The molecule has 2 fully saturated rings. The summed E-state index contributed by atoms with van der Waals surface area (Å²) in [7, 11) is 1.89. The first kappa shape index (κ1) is 13.8. The number of hydrogen-bond donors (Lipinski definition) is 1. The van der Waals surface area contributed by atoms with E-state index < -0.39 is 0 Å². The Hall–Kier alpha value is -2.63. The molecule has 1 amide bonds. The predicted molar refractivity (Wildman–Crippen MR) is 88.7 cm³/mol. The molecular weight excluding hydrogens is 304 g/mol. The smallest absolute Gasteiger partial charge is 0.228 e. The van der Waals surface area contributed by atoms with Crippen LogP contribution in [0.1, 0.15) is 42.6 Å².